The van der Waals surface area contributed by atoms with Gasteiger partial charge in [-0.3, -0.25) is 0 Å². The Kier molecular flexibility index (Phi) is 7.58. The van der Waals surface area contributed by atoms with Crippen LogP contribution in [0.2, 0.25) is 0 Å². The summed E-state index contributed by atoms with van der Waals surface area (Å²) >= 11 is 0. The molecule has 284 valence electrons. The van der Waals surface area contributed by atoms with Gasteiger partial charge in [-0.25, -0.2) is 0 Å². The van der Waals surface area contributed by atoms with Crippen molar-refractivity contribution in [2.45, 2.75) is 19.3 Å². The van der Waals surface area contributed by atoms with Gasteiger partial charge in [-0.1, -0.05) is 153 Å². The van der Waals surface area contributed by atoms with E-state index in [1.165, 1.54) is 27.8 Å². The molecule has 0 unspecified atom stereocenters. The van der Waals surface area contributed by atoms with Crippen LogP contribution in [0.15, 0.2) is 209 Å². The Bertz CT molecular complexity index is 3480. The van der Waals surface area contributed by atoms with Crippen LogP contribution >= 0.6 is 0 Å². The lowest BCUT2D eigenvalue weighted by molar-refractivity contribution is 0.660. The first kappa shape index (κ1) is 34.4. The summed E-state index contributed by atoms with van der Waals surface area (Å²) in [5, 5.41) is 4.40. The van der Waals surface area contributed by atoms with Gasteiger partial charge in [0.25, 0.3) is 0 Å². The van der Waals surface area contributed by atoms with Gasteiger partial charge in [-0.2, -0.15) is 0 Å². The van der Waals surface area contributed by atoms with E-state index in [1.54, 1.807) is 0 Å². The van der Waals surface area contributed by atoms with Gasteiger partial charge in [0.1, 0.15) is 22.3 Å². The standard InChI is InChI=1S/C57H39NO2/c1-57(2)47-23-10-6-20-42(47)43-29-28-40(35-48(43)57)58(49-24-11-7-19-41(49)38-27-31-53-46(34-38)44-21-8-12-25-51(44)59-53)50-30-32-54-56(45-22-9-13-26-52(45)60-54)55(50)39-18-14-17-37(33-39)36-15-4-3-5-16-36/h3-35H,1-2H3. The molecule has 60 heavy (non-hydrogen) atoms. The highest BCUT2D eigenvalue weighted by Crippen LogP contribution is 2.53. The quantitative estimate of drug-likeness (QED) is 0.169. The van der Waals surface area contributed by atoms with E-state index < -0.39 is 0 Å². The third kappa shape index (κ3) is 5.22. The van der Waals surface area contributed by atoms with E-state index in [9.17, 15) is 0 Å². The normalized spacial score (nSPS) is 13.0. The van der Waals surface area contributed by atoms with Crippen molar-refractivity contribution >= 4 is 60.9 Å². The minimum Gasteiger partial charge on any atom is -0.456 e. The molecule has 0 saturated heterocycles. The molecule has 0 aliphatic heterocycles. The molecule has 9 aromatic carbocycles. The van der Waals surface area contributed by atoms with E-state index in [2.05, 4.69) is 201 Å². The summed E-state index contributed by atoms with van der Waals surface area (Å²) in [5.74, 6) is 0. The summed E-state index contributed by atoms with van der Waals surface area (Å²) in [6.45, 7) is 4.71. The largest absolute Gasteiger partial charge is 0.456 e. The van der Waals surface area contributed by atoms with Crippen LogP contribution in [0.5, 0.6) is 0 Å². The number of furan rings is 2. The number of fused-ring (bicyclic) bond motifs is 9. The number of para-hydroxylation sites is 3. The van der Waals surface area contributed by atoms with Gasteiger partial charge in [0, 0.05) is 43.8 Å². The first-order chi connectivity index (χ1) is 29.5. The molecular weight excluding hydrogens is 731 g/mol. The molecule has 0 N–H and O–H groups in total. The van der Waals surface area contributed by atoms with Crippen molar-refractivity contribution in [3.63, 3.8) is 0 Å². The highest BCUT2D eigenvalue weighted by molar-refractivity contribution is 6.17. The van der Waals surface area contributed by atoms with Crippen molar-refractivity contribution in [3.8, 4) is 44.5 Å². The number of nitrogens with zero attached hydrogens (tertiary/aromatic N) is 1. The molecule has 0 spiro atoms. The van der Waals surface area contributed by atoms with Crippen LogP contribution in [-0.2, 0) is 5.41 Å². The van der Waals surface area contributed by atoms with Gasteiger partial charge in [-0.05, 0) is 105 Å². The van der Waals surface area contributed by atoms with Gasteiger partial charge in [-0.15, -0.1) is 0 Å². The van der Waals surface area contributed by atoms with Gasteiger partial charge in [0.15, 0.2) is 0 Å². The van der Waals surface area contributed by atoms with E-state index in [1.807, 2.05) is 18.2 Å². The first-order valence-electron chi connectivity index (χ1n) is 20.7. The second-order valence-corrected chi connectivity index (χ2v) is 16.4. The van der Waals surface area contributed by atoms with E-state index in [0.29, 0.717) is 0 Å². The van der Waals surface area contributed by atoms with Crippen molar-refractivity contribution in [2.75, 3.05) is 4.90 Å². The predicted octanol–water partition coefficient (Wildman–Crippen LogP) is 16.3. The Morgan fingerprint density at radius 1 is 0.367 bits per heavy atom. The fourth-order valence-corrected chi connectivity index (χ4v) is 9.81. The zero-order valence-corrected chi connectivity index (χ0v) is 33.3. The molecule has 11 aromatic rings. The van der Waals surface area contributed by atoms with Crippen LogP contribution in [-0.4, -0.2) is 0 Å². The fraction of sp³-hybridized carbons (Fsp3) is 0.0526. The van der Waals surface area contributed by atoms with Crippen LogP contribution in [0.3, 0.4) is 0 Å². The zero-order valence-electron chi connectivity index (χ0n) is 33.3. The van der Waals surface area contributed by atoms with E-state index in [4.69, 9.17) is 8.83 Å². The first-order valence-corrected chi connectivity index (χ1v) is 20.7. The Labute approximate surface area is 348 Å². The highest BCUT2D eigenvalue weighted by Gasteiger charge is 2.36. The summed E-state index contributed by atoms with van der Waals surface area (Å²) < 4.78 is 12.9. The van der Waals surface area contributed by atoms with E-state index in [0.717, 1.165) is 88.8 Å². The summed E-state index contributed by atoms with van der Waals surface area (Å²) in [4.78, 5) is 2.48. The monoisotopic (exact) mass is 769 g/mol. The van der Waals surface area contributed by atoms with E-state index in [-0.39, 0.29) is 5.41 Å². The van der Waals surface area contributed by atoms with Crippen LogP contribution in [0.1, 0.15) is 25.0 Å². The Balaban J connectivity index is 1.16. The molecule has 2 heterocycles. The molecule has 0 radical (unpaired) electrons. The van der Waals surface area contributed by atoms with Crippen molar-refractivity contribution in [3.05, 3.63) is 211 Å². The lowest BCUT2D eigenvalue weighted by Gasteiger charge is -2.31. The summed E-state index contributed by atoms with van der Waals surface area (Å²) in [5.41, 5.74) is 18.6. The molecule has 2 aromatic heterocycles. The minimum absolute atomic E-state index is 0.182. The Morgan fingerprint density at radius 2 is 1.00 bits per heavy atom. The highest BCUT2D eigenvalue weighted by atomic mass is 16.3. The summed E-state index contributed by atoms with van der Waals surface area (Å²) in [6.07, 6.45) is 0. The van der Waals surface area contributed by atoms with Gasteiger partial charge in [0.2, 0.25) is 0 Å². The maximum absolute atomic E-state index is 6.63. The maximum atomic E-state index is 6.63. The predicted molar refractivity (Wildman–Crippen MR) is 250 cm³/mol. The molecule has 0 fully saturated rings. The van der Waals surface area contributed by atoms with E-state index >= 15 is 0 Å². The van der Waals surface area contributed by atoms with Crippen LogP contribution in [0.4, 0.5) is 17.1 Å². The van der Waals surface area contributed by atoms with Gasteiger partial charge < -0.3 is 13.7 Å². The van der Waals surface area contributed by atoms with Crippen LogP contribution < -0.4 is 4.90 Å². The molecule has 12 rings (SSSR count). The topological polar surface area (TPSA) is 29.5 Å². The molecule has 0 bridgehead atoms. The van der Waals surface area contributed by atoms with Crippen LogP contribution in [0, 0.1) is 0 Å². The summed E-state index contributed by atoms with van der Waals surface area (Å²) in [6, 6.07) is 72.1. The molecule has 0 saturated carbocycles. The molecule has 0 atom stereocenters. The third-order valence-electron chi connectivity index (χ3n) is 12.7. The second-order valence-electron chi connectivity index (χ2n) is 16.4. The third-order valence-corrected chi connectivity index (χ3v) is 12.7. The minimum atomic E-state index is -0.182. The summed E-state index contributed by atoms with van der Waals surface area (Å²) in [7, 11) is 0. The van der Waals surface area contributed by atoms with Crippen molar-refractivity contribution in [1.29, 1.82) is 0 Å². The zero-order chi connectivity index (χ0) is 40.0. The Morgan fingerprint density at radius 3 is 1.87 bits per heavy atom. The molecule has 3 nitrogen and oxygen atoms in total. The number of anilines is 3. The lowest BCUT2D eigenvalue weighted by atomic mass is 9.82. The fourth-order valence-electron chi connectivity index (χ4n) is 9.81. The smallest absolute Gasteiger partial charge is 0.136 e. The Hall–Kier alpha value is -7.62. The number of hydrogen-bond donors (Lipinski definition) is 0. The van der Waals surface area contributed by atoms with Crippen LogP contribution in [0.25, 0.3) is 88.4 Å². The van der Waals surface area contributed by atoms with Crippen molar-refractivity contribution in [1.82, 2.24) is 0 Å². The van der Waals surface area contributed by atoms with Crippen molar-refractivity contribution < 1.29 is 8.83 Å². The molecule has 0 amide bonds. The molecule has 3 heteroatoms. The average Bonchev–Trinajstić information content (AvgIpc) is 3.94. The number of hydrogen-bond acceptors (Lipinski definition) is 3. The molecule has 1 aliphatic carbocycles. The maximum Gasteiger partial charge on any atom is 0.136 e. The average molecular weight is 770 g/mol. The van der Waals surface area contributed by atoms with Crippen molar-refractivity contribution in [2.24, 2.45) is 0 Å². The number of benzene rings is 9. The molecule has 1 aliphatic rings. The lowest BCUT2D eigenvalue weighted by Crippen LogP contribution is -2.17. The van der Waals surface area contributed by atoms with Gasteiger partial charge in [0.05, 0.1) is 11.4 Å². The second kappa shape index (κ2) is 13.2. The number of rotatable bonds is 6. The van der Waals surface area contributed by atoms with Gasteiger partial charge >= 0.3 is 0 Å². The molecular formula is C57H39NO2. The SMILES string of the molecule is CC1(C)c2ccccc2-c2ccc(N(c3ccccc3-c3ccc4oc5ccccc5c4c3)c3ccc4oc5ccccc5c4c3-c3cccc(-c4ccccc4)c3)cc21.